The number of hydrogen-bond donors (Lipinski definition) is 3. The van der Waals surface area contributed by atoms with Crippen LogP contribution in [0.3, 0.4) is 0 Å². The standard InChI is InChI=1S/C26H31N3O7S/c1-26(2,3)21-12-17(20-14-27-25(32)28-23(20)30)11-16(22(21)35-4)8-7-15-9-10-18(29-37(6,33)34)13-19(15)24(31)36-5/h9-14,29H,7-8H2,1-6H3,(H2,27,28,30,32). The normalized spacial score (nSPS) is 11.7. The third-order valence-electron chi connectivity index (χ3n) is 5.79. The van der Waals surface area contributed by atoms with E-state index in [-0.39, 0.29) is 16.7 Å². The maximum Gasteiger partial charge on any atom is 0.338 e. The summed E-state index contributed by atoms with van der Waals surface area (Å²) in [5, 5.41) is 0. The number of rotatable bonds is 8. The molecule has 37 heavy (non-hydrogen) atoms. The third-order valence-corrected chi connectivity index (χ3v) is 6.40. The van der Waals surface area contributed by atoms with Gasteiger partial charge >= 0.3 is 11.7 Å². The Hall–Kier alpha value is -3.86. The SMILES string of the molecule is COC(=O)c1cc(NS(C)(=O)=O)ccc1CCc1cc(-c2c[nH]c(=O)[nH]c2=O)cc(C(C)(C)C)c1OC. The Morgan fingerprint density at radius 3 is 2.27 bits per heavy atom. The topological polar surface area (TPSA) is 147 Å². The minimum Gasteiger partial charge on any atom is -0.496 e. The fourth-order valence-corrected chi connectivity index (χ4v) is 4.65. The Kier molecular flexibility index (Phi) is 7.97. The van der Waals surface area contributed by atoms with Crippen molar-refractivity contribution in [3.8, 4) is 16.9 Å². The molecule has 0 aliphatic heterocycles. The second-order valence-electron chi connectivity index (χ2n) is 9.69. The highest BCUT2D eigenvalue weighted by atomic mass is 32.2. The highest BCUT2D eigenvalue weighted by molar-refractivity contribution is 7.92. The Balaban J connectivity index is 2.10. The molecule has 0 fully saturated rings. The van der Waals surface area contributed by atoms with Gasteiger partial charge in [-0.05, 0) is 59.2 Å². The number of hydrogen-bond acceptors (Lipinski definition) is 7. The Bertz CT molecular complexity index is 1550. The van der Waals surface area contributed by atoms with E-state index in [1.807, 2.05) is 32.9 Å². The molecule has 0 amide bonds. The smallest absolute Gasteiger partial charge is 0.338 e. The minimum absolute atomic E-state index is 0.236. The van der Waals surface area contributed by atoms with E-state index in [9.17, 15) is 22.8 Å². The largest absolute Gasteiger partial charge is 0.496 e. The molecule has 3 N–H and O–H groups in total. The average Bonchev–Trinajstić information content (AvgIpc) is 2.80. The number of aromatic nitrogens is 2. The molecule has 0 saturated heterocycles. The van der Waals surface area contributed by atoms with Gasteiger partial charge in [0, 0.05) is 17.4 Å². The monoisotopic (exact) mass is 529 g/mol. The van der Waals surface area contributed by atoms with Crippen LogP contribution in [-0.4, -0.2) is 44.8 Å². The van der Waals surface area contributed by atoms with Crippen LogP contribution in [0.25, 0.3) is 11.1 Å². The fourth-order valence-electron chi connectivity index (χ4n) is 4.09. The molecule has 1 heterocycles. The predicted molar refractivity (Wildman–Crippen MR) is 142 cm³/mol. The van der Waals surface area contributed by atoms with E-state index in [1.54, 1.807) is 19.2 Å². The van der Waals surface area contributed by atoms with Crippen LogP contribution in [0.5, 0.6) is 5.75 Å². The van der Waals surface area contributed by atoms with Crippen LogP contribution < -0.4 is 20.7 Å². The number of aryl methyl sites for hydroxylation is 2. The molecule has 0 aliphatic rings. The molecule has 0 spiro atoms. The number of benzene rings is 2. The third kappa shape index (κ3) is 6.67. The van der Waals surface area contributed by atoms with E-state index in [0.717, 1.165) is 17.4 Å². The molecule has 0 atom stereocenters. The summed E-state index contributed by atoms with van der Waals surface area (Å²) in [6, 6.07) is 8.39. The number of sulfonamides is 1. The van der Waals surface area contributed by atoms with Gasteiger partial charge in [0.1, 0.15) is 5.75 Å². The molecule has 11 heteroatoms. The number of nitrogens with one attached hydrogen (secondary N) is 3. The lowest BCUT2D eigenvalue weighted by Crippen LogP contribution is -2.23. The van der Waals surface area contributed by atoms with Crippen LogP contribution in [0.15, 0.2) is 46.1 Å². The van der Waals surface area contributed by atoms with Crippen molar-refractivity contribution in [3.63, 3.8) is 0 Å². The van der Waals surface area contributed by atoms with Crippen molar-refractivity contribution in [1.82, 2.24) is 9.97 Å². The van der Waals surface area contributed by atoms with E-state index in [0.29, 0.717) is 35.3 Å². The highest BCUT2D eigenvalue weighted by Crippen LogP contribution is 2.38. The predicted octanol–water partition coefficient (Wildman–Crippen LogP) is 2.98. The van der Waals surface area contributed by atoms with Gasteiger partial charge in [-0.1, -0.05) is 26.8 Å². The van der Waals surface area contributed by atoms with Crippen LogP contribution in [0.1, 0.15) is 47.8 Å². The minimum atomic E-state index is -3.53. The lowest BCUT2D eigenvalue weighted by Gasteiger charge is -2.25. The number of methoxy groups -OCH3 is 2. The molecule has 0 aliphatic carbocycles. The van der Waals surface area contributed by atoms with E-state index in [4.69, 9.17) is 9.47 Å². The van der Waals surface area contributed by atoms with Crippen LogP contribution in [0.2, 0.25) is 0 Å². The summed E-state index contributed by atoms with van der Waals surface area (Å²) >= 11 is 0. The average molecular weight is 530 g/mol. The lowest BCUT2D eigenvalue weighted by atomic mass is 9.82. The summed E-state index contributed by atoms with van der Waals surface area (Å²) in [6.45, 7) is 6.08. The first-order valence-electron chi connectivity index (χ1n) is 11.5. The quantitative estimate of drug-likeness (QED) is 0.380. The van der Waals surface area contributed by atoms with Gasteiger partial charge in [-0.15, -0.1) is 0 Å². The van der Waals surface area contributed by atoms with E-state index in [2.05, 4.69) is 14.7 Å². The zero-order valence-corrected chi connectivity index (χ0v) is 22.5. The van der Waals surface area contributed by atoms with E-state index in [1.165, 1.54) is 19.4 Å². The Morgan fingerprint density at radius 1 is 1.03 bits per heavy atom. The fraction of sp³-hybridized carbons (Fsp3) is 0.346. The number of aromatic amines is 2. The van der Waals surface area contributed by atoms with Gasteiger partial charge in [-0.2, -0.15) is 0 Å². The van der Waals surface area contributed by atoms with Crippen molar-refractivity contribution in [3.05, 3.63) is 79.6 Å². The number of carbonyl (C=O) groups excluding carboxylic acids is 1. The van der Waals surface area contributed by atoms with Crippen molar-refractivity contribution < 1.29 is 22.7 Å². The van der Waals surface area contributed by atoms with Gasteiger partial charge in [-0.3, -0.25) is 14.5 Å². The number of ether oxygens (including phenoxy) is 2. The van der Waals surface area contributed by atoms with Crippen molar-refractivity contribution >= 4 is 21.7 Å². The Labute approximate surface area is 215 Å². The van der Waals surface area contributed by atoms with Crippen molar-refractivity contribution in [2.75, 3.05) is 25.2 Å². The van der Waals surface area contributed by atoms with E-state index >= 15 is 0 Å². The highest BCUT2D eigenvalue weighted by Gasteiger charge is 2.24. The molecule has 2 aromatic carbocycles. The molecule has 1 aromatic heterocycles. The van der Waals surface area contributed by atoms with Crippen LogP contribution in [-0.2, 0) is 33.0 Å². The van der Waals surface area contributed by atoms with Crippen LogP contribution >= 0.6 is 0 Å². The molecule has 10 nitrogen and oxygen atoms in total. The van der Waals surface area contributed by atoms with Crippen molar-refractivity contribution in [2.45, 2.75) is 39.0 Å². The summed E-state index contributed by atoms with van der Waals surface area (Å²) in [5.41, 5.74) is 2.28. The molecular formula is C26H31N3O7S. The second-order valence-corrected chi connectivity index (χ2v) is 11.4. The molecule has 3 aromatic rings. The zero-order chi connectivity index (χ0) is 27.5. The Morgan fingerprint density at radius 2 is 1.70 bits per heavy atom. The van der Waals surface area contributed by atoms with Crippen LogP contribution in [0, 0.1) is 0 Å². The molecule has 0 radical (unpaired) electrons. The molecule has 0 unspecified atom stereocenters. The number of carbonyl (C=O) groups is 1. The van der Waals surface area contributed by atoms with Gasteiger partial charge in [0.05, 0.1) is 31.6 Å². The van der Waals surface area contributed by atoms with Crippen molar-refractivity contribution in [1.29, 1.82) is 0 Å². The maximum atomic E-state index is 12.5. The molecule has 198 valence electrons. The first kappa shape index (κ1) is 27.7. The van der Waals surface area contributed by atoms with Gasteiger partial charge in [0.25, 0.3) is 5.56 Å². The van der Waals surface area contributed by atoms with Crippen molar-refractivity contribution in [2.24, 2.45) is 0 Å². The molecule has 0 saturated carbocycles. The van der Waals surface area contributed by atoms with Gasteiger partial charge < -0.3 is 14.5 Å². The summed E-state index contributed by atoms with van der Waals surface area (Å²) in [5.74, 6) is 0.0649. The first-order chi connectivity index (χ1) is 17.2. The van der Waals surface area contributed by atoms with Crippen LogP contribution in [0.4, 0.5) is 5.69 Å². The molecular weight excluding hydrogens is 498 g/mol. The van der Waals surface area contributed by atoms with Gasteiger partial charge in [0.15, 0.2) is 0 Å². The molecule has 0 bridgehead atoms. The summed E-state index contributed by atoms with van der Waals surface area (Å²) in [7, 11) is -0.696. The maximum absolute atomic E-state index is 12.5. The summed E-state index contributed by atoms with van der Waals surface area (Å²) < 4.78 is 36.3. The number of anilines is 1. The van der Waals surface area contributed by atoms with E-state index < -0.39 is 27.2 Å². The zero-order valence-electron chi connectivity index (χ0n) is 21.6. The summed E-state index contributed by atoms with van der Waals surface area (Å²) in [6.07, 6.45) is 3.24. The lowest BCUT2D eigenvalue weighted by molar-refractivity contribution is 0.0599. The first-order valence-corrected chi connectivity index (χ1v) is 13.4. The van der Waals surface area contributed by atoms with Gasteiger partial charge in [0.2, 0.25) is 10.0 Å². The number of H-pyrrole nitrogens is 2. The van der Waals surface area contributed by atoms with Gasteiger partial charge in [-0.25, -0.2) is 18.0 Å². The second kappa shape index (κ2) is 10.6. The summed E-state index contributed by atoms with van der Waals surface area (Å²) in [4.78, 5) is 41.3. The molecule has 3 rings (SSSR count). The number of esters is 1.